The molecule has 48 heavy (non-hydrogen) atoms. The highest BCUT2D eigenvalue weighted by Crippen LogP contribution is 2.78. The summed E-state index contributed by atoms with van der Waals surface area (Å²) in [6.45, 7) is 9.16. The average molecular weight is 668 g/mol. The van der Waals surface area contributed by atoms with Gasteiger partial charge in [0, 0.05) is 52.4 Å². The standard InChI is InChI=1S/C40H49N3O4S/c1-25-8-9-31(48-25)34(45)28-23-38-18-19-40(28)32(36(38,2)15-10-27(44)22-38)11-16-37(3)33(40)12-17-39(37,47)24-42-20-13-26(14-21-42)43-30-7-5-4-6-29(30)41-35(43)46/h4-9,18-19,23,26-27,32-33,44,47H,10-17,20-22,24H2,1-3H3,(H,41,46). The number of likely N-dealkylation sites (tertiary alicyclic amines) is 1. The van der Waals surface area contributed by atoms with E-state index < -0.39 is 11.0 Å². The second-order valence-electron chi connectivity index (χ2n) is 16.9. The van der Waals surface area contributed by atoms with Crippen molar-refractivity contribution >= 4 is 28.2 Å². The monoisotopic (exact) mass is 667 g/mol. The molecule has 0 radical (unpaired) electrons. The Hall–Kier alpha value is -2.78. The summed E-state index contributed by atoms with van der Waals surface area (Å²) in [5.41, 5.74) is 0.790. The van der Waals surface area contributed by atoms with Gasteiger partial charge in [-0.3, -0.25) is 9.36 Å². The number of fused-ring (bicyclic) bond motifs is 2. The van der Waals surface area contributed by atoms with E-state index in [0.717, 1.165) is 90.8 Å². The molecule has 7 aliphatic rings. The maximum absolute atomic E-state index is 14.7. The fraction of sp³-hybridized carbons (Fsp3) is 0.600. The minimum atomic E-state index is -0.862. The van der Waals surface area contributed by atoms with E-state index in [-0.39, 0.29) is 45.8 Å². The van der Waals surface area contributed by atoms with Gasteiger partial charge in [-0.1, -0.05) is 44.2 Å². The first kappa shape index (κ1) is 31.2. The van der Waals surface area contributed by atoms with Crippen molar-refractivity contribution in [2.75, 3.05) is 19.6 Å². The minimum Gasteiger partial charge on any atom is -0.393 e. The molecule has 10 rings (SSSR count). The molecule has 0 amide bonds. The van der Waals surface area contributed by atoms with E-state index in [2.05, 4.69) is 54.9 Å². The normalized spacial score (nSPS) is 40.9. The van der Waals surface area contributed by atoms with Crippen LogP contribution < -0.4 is 5.69 Å². The molecular formula is C40H49N3O4S. The summed E-state index contributed by atoms with van der Waals surface area (Å²) < 4.78 is 1.94. The number of aromatic nitrogens is 2. The topological polar surface area (TPSA) is 98.6 Å². The molecule has 254 valence electrons. The molecule has 1 aromatic carbocycles. The number of rotatable bonds is 5. The van der Waals surface area contributed by atoms with Crippen molar-refractivity contribution in [3.05, 3.63) is 80.4 Å². The van der Waals surface area contributed by atoms with Crippen LogP contribution in [0, 0.1) is 40.4 Å². The first-order valence-corrected chi connectivity index (χ1v) is 19.1. The third-order valence-corrected chi connectivity index (χ3v) is 16.0. The van der Waals surface area contributed by atoms with Crippen LogP contribution in [0.3, 0.4) is 0 Å². The summed E-state index contributed by atoms with van der Waals surface area (Å²) in [4.78, 5) is 35.0. The predicted molar refractivity (Wildman–Crippen MR) is 189 cm³/mol. The number of H-pyrrole nitrogens is 1. The lowest BCUT2D eigenvalue weighted by Crippen LogP contribution is -2.67. The van der Waals surface area contributed by atoms with E-state index in [9.17, 15) is 19.8 Å². The number of carbonyl (C=O) groups is 1. The smallest absolute Gasteiger partial charge is 0.326 e. The minimum absolute atomic E-state index is 0.0273. The number of thiophene rings is 1. The van der Waals surface area contributed by atoms with Crippen LogP contribution in [-0.4, -0.2) is 61.8 Å². The largest absolute Gasteiger partial charge is 0.393 e. The lowest BCUT2D eigenvalue weighted by molar-refractivity contribution is -0.176. The van der Waals surface area contributed by atoms with Crippen LogP contribution in [0.2, 0.25) is 0 Å². The zero-order valence-corrected chi connectivity index (χ0v) is 29.3. The number of hydrogen-bond donors (Lipinski definition) is 3. The number of nitrogens with zero attached hydrogens (tertiary/aromatic N) is 2. The number of ketones is 1. The first-order chi connectivity index (χ1) is 22.9. The Labute approximate surface area is 286 Å². The van der Waals surface area contributed by atoms with Gasteiger partial charge in [0.25, 0.3) is 0 Å². The van der Waals surface area contributed by atoms with E-state index in [4.69, 9.17) is 0 Å². The van der Waals surface area contributed by atoms with Crippen molar-refractivity contribution in [1.29, 1.82) is 0 Å². The molecule has 1 aliphatic heterocycles. The van der Waals surface area contributed by atoms with Gasteiger partial charge in [-0.15, -0.1) is 11.3 Å². The van der Waals surface area contributed by atoms with Crippen LogP contribution in [0.4, 0.5) is 0 Å². The molecule has 7 nitrogen and oxygen atoms in total. The Balaban J connectivity index is 1.03. The molecule has 3 N–H and O–H groups in total. The van der Waals surface area contributed by atoms with Crippen LogP contribution in [0.15, 0.2) is 65.0 Å². The molecule has 3 heterocycles. The molecule has 2 spiro atoms. The maximum Gasteiger partial charge on any atom is 0.326 e. The van der Waals surface area contributed by atoms with E-state index in [0.29, 0.717) is 18.9 Å². The number of benzene rings is 1. The van der Waals surface area contributed by atoms with Gasteiger partial charge in [0.05, 0.1) is 27.6 Å². The van der Waals surface area contributed by atoms with Gasteiger partial charge in [0.2, 0.25) is 0 Å². The highest BCUT2D eigenvalue weighted by atomic mass is 32.1. The Morgan fingerprint density at radius 2 is 1.69 bits per heavy atom. The molecule has 1 saturated heterocycles. The number of hydrogen-bond acceptors (Lipinski definition) is 6. The highest BCUT2D eigenvalue weighted by molar-refractivity contribution is 7.14. The van der Waals surface area contributed by atoms with Crippen molar-refractivity contribution in [2.24, 2.45) is 33.5 Å². The number of nitrogens with one attached hydrogen (secondary N) is 1. The second-order valence-corrected chi connectivity index (χ2v) is 18.2. The molecule has 4 fully saturated rings. The molecule has 8 heteroatoms. The van der Waals surface area contributed by atoms with Crippen LogP contribution in [0.25, 0.3) is 11.0 Å². The molecular weight excluding hydrogens is 619 g/mol. The quantitative estimate of drug-likeness (QED) is 0.205. The first-order valence-electron chi connectivity index (χ1n) is 18.3. The van der Waals surface area contributed by atoms with Crippen LogP contribution in [-0.2, 0) is 0 Å². The van der Waals surface area contributed by atoms with Crippen molar-refractivity contribution in [1.82, 2.24) is 14.5 Å². The molecule has 8 unspecified atom stereocenters. The molecule has 2 aromatic heterocycles. The van der Waals surface area contributed by atoms with Gasteiger partial charge < -0.3 is 20.1 Å². The molecule has 3 aromatic rings. The van der Waals surface area contributed by atoms with E-state index in [1.807, 2.05) is 34.9 Å². The lowest BCUT2D eigenvalue weighted by Gasteiger charge is -2.71. The summed E-state index contributed by atoms with van der Waals surface area (Å²) in [7, 11) is 0. The number of imidazole rings is 1. The van der Waals surface area contributed by atoms with Gasteiger partial charge >= 0.3 is 5.69 Å². The summed E-state index contributed by atoms with van der Waals surface area (Å²) in [6.07, 6.45) is 14.5. The third kappa shape index (κ3) is 3.97. The summed E-state index contributed by atoms with van der Waals surface area (Å²) >= 11 is 1.58. The van der Waals surface area contributed by atoms with Crippen LogP contribution >= 0.6 is 11.3 Å². The van der Waals surface area contributed by atoms with Crippen LogP contribution in [0.1, 0.15) is 92.2 Å². The van der Waals surface area contributed by atoms with Gasteiger partial charge in [-0.05, 0) is 106 Å². The number of allylic oxidation sites excluding steroid dienone is 4. The Kier molecular flexibility index (Phi) is 6.75. The number of aryl methyl sites for hydroxylation is 1. The number of carbonyl (C=O) groups excluding carboxylic acids is 1. The SMILES string of the molecule is Cc1ccc(C(=O)C2=CC34C=CC25C(CCC2(C)C5CCC2(O)CN2CCC(n5c(=O)[nH]c6ccccc65)CC2)C3(C)CCC(O)C4)s1. The van der Waals surface area contributed by atoms with Crippen molar-refractivity contribution in [3.63, 3.8) is 0 Å². The Bertz CT molecular complexity index is 1930. The number of piperidine rings is 1. The number of aromatic amines is 1. The number of aliphatic hydroxyl groups excluding tert-OH is 1. The molecule has 8 atom stereocenters. The molecule has 3 saturated carbocycles. The fourth-order valence-corrected chi connectivity index (χ4v) is 13.3. The summed E-state index contributed by atoms with van der Waals surface area (Å²) in [5, 5.41) is 23.8. The van der Waals surface area contributed by atoms with Gasteiger partial charge in [-0.25, -0.2) is 4.79 Å². The molecule has 2 bridgehead atoms. The number of para-hydroxylation sites is 2. The average Bonchev–Trinajstić information content (AvgIpc) is 3.73. The molecule has 6 aliphatic carbocycles. The van der Waals surface area contributed by atoms with Gasteiger partial charge in [0.15, 0.2) is 5.78 Å². The highest BCUT2D eigenvalue weighted by Gasteiger charge is 2.74. The third-order valence-electron chi connectivity index (χ3n) is 15.0. The zero-order valence-electron chi connectivity index (χ0n) is 28.5. The second kappa shape index (κ2) is 10.4. The summed E-state index contributed by atoms with van der Waals surface area (Å²) in [6, 6.07) is 12.1. The zero-order chi connectivity index (χ0) is 33.3. The van der Waals surface area contributed by atoms with E-state index >= 15 is 0 Å². The van der Waals surface area contributed by atoms with Crippen molar-refractivity contribution in [2.45, 2.75) is 96.3 Å². The summed E-state index contributed by atoms with van der Waals surface area (Å²) in [5.74, 6) is 0.613. The number of aliphatic hydroxyl groups is 2. The predicted octanol–water partition coefficient (Wildman–Crippen LogP) is 6.81. The van der Waals surface area contributed by atoms with Gasteiger partial charge in [-0.2, -0.15) is 0 Å². The number of Topliss-reactive ketones (excluding diaryl/α,β-unsaturated/α-hetero) is 1. The maximum atomic E-state index is 14.7. The fourth-order valence-electron chi connectivity index (χ4n) is 12.4. The Morgan fingerprint density at radius 3 is 2.46 bits per heavy atom. The van der Waals surface area contributed by atoms with E-state index in [1.54, 1.807) is 11.3 Å². The van der Waals surface area contributed by atoms with E-state index in [1.165, 1.54) is 0 Å². The lowest BCUT2D eigenvalue weighted by atomic mass is 9.32. The van der Waals surface area contributed by atoms with Crippen molar-refractivity contribution < 1.29 is 15.0 Å². The Morgan fingerprint density at radius 1 is 0.958 bits per heavy atom. The van der Waals surface area contributed by atoms with Crippen LogP contribution in [0.5, 0.6) is 0 Å². The van der Waals surface area contributed by atoms with Crippen molar-refractivity contribution in [3.8, 4) is 0 Å². The number of β-amino-alcohol motifs (C(OH)–C–C–N with tert-alkyl or cyclic N) is 1. The van der Waals surface area contributed by atoms with Gasteiger partial charge in [0.1, 0.15) is 0 Å².